The Morgan fingerprint density at radius 3 is 2.56 bits per heavy atom. The molecule has 1 fully saturated rings. The molecule has 1 heterocycles. The summed E-state index contributed by atoms with van der Waals surface area (Å²) in [4.78, 5) is 26.8. The minimum absolute atomic E-state index is 0.171. The maximum atomic E-state index is 13.3. The van der Waals surface area contributed by atoms with E-state index in [1.54, 1.807) is 24.3 Å². The minimum atomic E-state index is -3.93. The Labute approximate surface area is 227 Å². The van der Waals surface area contributed by atoms with E-state index in [0.717, 1.165) is 17.2 Å². The van der Waals surface area contributed by atoms with E-state index < -0.39 is 22.0 Å². The van der Waals surface area contributed by atoms with Crippen molar-refractivity contribution in [3.8, 4) is 16.9 Å². The molecule has 0 radical (unpaired) electrons. The Morgan fingerprint density at radius 1 is 1.15 bits per heavy atom. The third-order valence-corrected chi connectivity index (χ3v) is 7.56. The van der Waals surface area contributed by atoms with Gasteiger partial charge in [0.15, 0.2) is 0 Å². The lowest BCUT2D eigenvalue weighted by molar-refractivity contribution is -0.133. The van der Waals surface area contributed by atoms with Gasteiger partial charge in [0.25, 0.3) is 0 Å². The lowest BCUT2D eigenvalue weighted by Gasteiger charge is -2.35. The van der Waals surface area contributed by atoms with Gasteiger partial charge in [0.1, 0.15) is 11.8 Å². The molecule has 10 nitrogen and oxygen atoms in total. The molecular formula is C28H31N3O7S. The van der Waals surface area contributed by atoms with Crippen LogP contribution >= 0.6 is 0 Å². The first kappa shape index (κ1) is 28.2. The number of phenolic OH excluding ortho intramolecular Hbond substituents is 1. The SMILES string of the molecule is COC(=O)c1ccc([C@H](C)NC(=O)[C@H]2COCCN2Cc2cccc(-c3ccc(S(N)(=O)=O)cc3O)c2)cc1. The molecule has 3 aromatic rings. The zero-order valence-corrected chi connectivity index (χ0v) is 22.5. The third kappa shape index (κ3) is 6.82. The van der Waals surface area contributed by atoms with Crippen LogP contribution in [-0.4, -0.2) is 63.2 Å². The standard InChI is InChI=1S/C28H31N3O7S/c1-18(20-6-8-21(9-7-20)28(34)37-2)30-27(33)25-17-38-13-12-31(25)16-19-4-3-5-22(14-19)24-11-10-23(15-26(24)32)39(29,35)36/h3-11,14-15,18,25,32H,12-13,16-17H2,1-2H3,(H,30,33)(H2,29,35,36)/t18-,25+/m0/s1. The van der Waals surface area contributed by atoms with Crippen LogP contribution in [-0.2, 0) is 30.8 Å². The normalized spacial score (nSPS) is 16.8. The number of nitrogens with two attached hydrogens (primary N) is 1. The number of nitrogens with zero attached hydrogens (tertiary/aromatic N) is 1. The largest absolute Gasteiger partial charge is 0.507 e. The van der Waals surface area contributed by atoms with Crippen LogP contribution in [0.25, 0.3) is 11.1 Å². The van der Waals surface area contributed by atoms with Gasteiger partial charge in [-0.2, -0.15) is 0 Å². The molecule has 11 heteroatoms. The van der Waals surface area contributed by atoms with Gasteiger partial charge in [0.05, 0.1) is 36.8 Å². The number of ether oxygens (including phenoxy) is 2. The van der Waals surface area contributed by atoms with E-state index in [0.29, 0.717) is 36.4 Å². The predicted molar refractivity (Wildman–Crippen MR) is 144 cm³/mol. The average molecular weight is 554 g/mol. The van der Waals surface area contributed by atoms with Crippen LogP contribution in [0.3, 0.4) is 0 Å². The molecule has 3 aromatic carbocycles. The number of methoxy groups -OCH3 is 1. The summed E-state index contributed by atoms with van der Waals surface area (Å²) in [7, 11) is -2.61. The molecule has 1 aliphatic rings. The average Bonchev–Trinajstić information content (AvgIpc) is 2.92. The number of amides is 1. The first-order valence-electron chi connectivity index (χ1n) is 12.3. The number of hydrogen-bond donors (Lipinski definition) is 3. The minimum Gasteiger partial charge on any atom is -0.507 e. The first-order valence-corrected chi connectivity index (χ1v) is 13.9. The maximum Gasteiger partial charge on any atom is 0.337 e. The number of morpholine rings is 1. The van der Waals surface area contributed by atoms with Crippen molar-refractivity contribution >= 4 is 21.9 Å². The van der Waals surface area contributed by atoms with Crippen molar-refractivity contribution in [2.24, 2.45) is 5.14 Å². The number of rotatable bonds is 8. The van der Waals surface area contributed by atoms with Crippen LogP contribution in [0.5, 0.6) is 5.75 Å². The van der Waals surface area contributed by atoms with Gasteiger partial charge in [-0.1, -0.05) is 30.3 Å². The summed E-state index contributed by atoms with van der Waals surface area (Å²) in [6, 6.07) is 17.5. The fraction of sp³-hybridized carbons (Fsp3) is 0.286. The highest BCUT2D eigenvalue weighted by Crippen LogP contribution is 2.32. The highest BCUT2D eigenvalue weighted by molar-refractivity contribution is 7.89. The van der Waals surface area contributed by atoms with Crippen molar-refractivity contribution in [3.05, 3.63) is 83.4 Å². The predicted octanol–water partition coefficient (Wildman–Crippen LogP) is 2.57. The number of aromatic hydroxyl groups is 1. The number of sulfonamides is 1. The molecule has 1 saturated heterocycles. The van der Waals surface area contributed by atoms with Gasteiger partial charge in [-0.25, -0.2) is 18.4 Å². The molecule has 0 spiro atoms. The van der Waals surface area contributed by atoms with Gasteiger partial charge in [-0.05, 0) is 53.9 Å². The Balaban J connectivity index is 1.46. The number of carbonyl (C=O) groups is 2. The van der Waals surface area contributed by atoms with Crippen LogP contribution in [0.4, 0.5) is 0 Å². The zero-order valence-electron chi connectivity index (χ0n) is 21.7. The third-order valence-electron chi connectivity index (χ3n) is 6.65. The highest BCUT2D eigenvalue weighted by Gasteiger charge is 2.30. The Morgan fingerprint density at radius 2 is 1.90 bits per heavy atom. The van der Waals surface area contributed by atoms with Crippen LogP contribution in [0.15, 0.2) is 71.6 Å². The van der Waals surface area contributed by atoms with Crippen molar-refractivity contribution in [2.75, 3.05) is 26.9 Å². The van der Waals surface area contributed by atoms with Crippen molar-refractivity contribution < 1.29 is 32.6 Å². The van der Waals surface area contributed by atoms with Gasteiger partial charge in [-0.3, -0.25) is 9.69 Å². The van der Waals surface area contributed by atoms with Crippen molar-refractivity contribution in [2.45, 2.75) is 30.4 Å². The molecule has 4 rings (SSSR count). The second kappa shape index (κ2) is 12.0. The Bertz CT molecular complexity index is 1460. The highest BCUT2D eigenvalue weighted by atomic mass is 32.2. The summed E-state index contributed by atoms with van der Waals surface area (Å²) in [6.45, 7) is 3.63. The van der Waals surface area contributed by atoms with E-state index >= 15 is 0 Å². The van der Waals surface area contributed by atoms with Gasteiger partial charge in [0, 0.05) is 24.7 Å². The summed E-state index contributed by atoms with van der Waals surface area (Å²) in [5.41, 5.74) is 3.35. The molecule has 4 N–H and O–H groups in total. The number of nitrogens with one attached hydrogen (secondary N) is 1. The quantitative estimate of drug-likeness (QED) is 0.361. The number of primary sulfonamides is 1. The summed E-state index contributed by atoms with van der Waals surface area (Å²) in [5, 5.41) is 18.6. The molecule has 206 valence electrons. The van der Waals surface area contributed by atoms with Gasteiger partial charge < -0.3 is 19.9 Å². The van der Waals surface area contributed by atoms with E-state index in [1.165, 1.54) is 19.2 Å². The lowest BCUT2D eigenvalue weighted by atomic mass is 10.0. The molecular weight excluding hydrogens is 522 g/mol. The van der Waals surface area contributed by atoms with E-state index in [4.69, 9.17) is 14.6 Å². The van der Waals surface area contributed by atoms with Crippen molar-refractivity contribution in [3.63, 3.8) is 0 Å². The van der Waals surface area contributed by atoms with Crippen molar-refractivity contribution in [1.82, 2.24) is 10.2 Å². The van der Waals surface area contributed by atoms with E-state index in [2.05, 4.69) is 5.32 Å². The maximum absolute atomic E-state index is 13.3. The molecule has 0 saturated carbocycles. The topological polar surface area (TPSA) is 148 Å². The lowest BCUT2D eigenvalue weighted by Crippen LogP contribution is -2.53. The Hall–Kier alpha value is -3.77. The number of benzene rings is 3. The summed E-state index contributed by atoms with van der Waals surface area (Å²) < 4.78 is 33.5. The number of esters is 1. The summed E-state index contributed by atoms with van der Waals surface area (Å²) in [6.07, 6.45) is 0. The fourth-order valence-corrected chi connectivity index (χ4v) is 5.03. The van der Waals surface area contributed by atoms with E-state index in [1.807, 2.05) is 36.1 Å². The molecule has 0 aromatic heterocycles. The number of phenols is 1. The second-order valence-electron chi connectivity index (χ2n) is 9.33. The number of hydrogen-bond acceptors (Lipinski definition) is 8. The summed E-state index contributed by atoms with van der Waals surface area (Å²) >= 11 is 0. The zero-order chi connectivity index (χ0) is 28.2. The van der Waals surface area contributed by atoms with Crippen LogP contribution in [0, 0.1) is 0 Å². The molecule has 0 bridgehead atoms. The van der Waals surface area contributed by atoms with Crippen LogP contribution in [0.2, 0.25) is 0 Å². The molecule has 39 heavy (non-hydrogen) atoms. The molecule has 0 unspecified atom stereocenters. The molecule has 2 atom stereocenters. The monoisotopic (exact) mass is 553 g/mol. The van der Waals surface area contributed by atoms with Gasteiger partial charge in [0.2, 0.25) is 15.9 Å². The van der Waals surface area contributed by atoms with Crippen LogP contribution in [0.1, 0.15) is 34.5 Å². The van der Waals surface area contributed by atoms with Crippen LogP contribution < -0.4 is 10.5 Å². The summed E-state index contributed by atoms with van der Waals surface area (Å²) in [5.74, 6) is -0.796. The van der Waals surface area contributed by atoms with E-state index in [9.17, 15) is 23.1 Å². The smallest absolute Gasteiger partial charge is 0.337 e. The second-order valence-corrected chi connectivity index (χ2v) is 10.9. The van der Waals surface area contributed by atoms with Gasteiger partial charge in [-0.15, -0.1) is 0 Å². The number of carbonyl (C=O) groups excluding carboxylic acids is 2. The van der Waals surface area contributed by atoms with Crippen molar-refractivity contribution in [1.29, 1.82) is 0 Å². The first-order chi connectivity index (χ1) is 18.6. The van der Waals surface area contributed by atoms with Gasteiger partial charge >= 0.3 is 5.97 Å². The molecule has 1 aliphatic heterocycles. The molecule has 1 amide bonds. The molecule has 0 aliphatic carbocycles. The van der Waals surface area contributed by atoms with E-state index in [-0.39, 0.29) is 29.2 Å². The fourth-order valence-electron chi connectivity index (χ4n) is 4.49. The Kier molecular flexibility index (Phi) is 8.66.